The Bertz CT molecular complexity index is 1370. The van der Waals surface area contributed by atoms with E-state index in [2.05, 4.69) is 131 Å². The van der Waals surface area contributed by atoms with Crippen LogP contribution in [0.3, 0.4) is 0 Å². The van der Waals surface area contributed by atoms with Crippen LogP contribution in [-0.2, 0) is 6.42 Å². The Labute approximate surface area is 283 Å². The highest BCUT2D eigenvalue weighted by Gasteiger charge is 2.39. The number of nitrogens with two attached hydrogens (primary N) is 1. The van der Waals surface area contributed by atoms with Crippen molar-refractivity contribution in [2.24, 2.45) is 11.7 Å². The predicted molar refractivity (Wildman–Crippen MR) is 209 cm³/mol. The van der Waals surface area contributed by atoms with Crippen molar-refractivity contribution in [3.05, 3.63) is 102 Å². The SMILES string of the molecule is C=C(C)C1CC2c3cccc4[nH]cc(c34)C[C@H]2N(C)C1.C=C(C)N.C=C(C)P(CC(C)(CCCC)NCC)c1ccccc1.CC. The number of piperidine rings is 1. The molecule has 4 nitrogen and oxygen atoms in total. The minimum Gasteiger partial charge on any atom is -0.403 e. The van der Waals surface area contributed by atoms with Crippen LogP contribution in [0.25, 0.3) is 10.9 Å². The highest BCUT2D eigenvalue weighted by atomic mass is 31.1. The van der Waals surface area contributed by atoms with E-state index in [1.165, 1.54) is 70.9 Å². The van der Waals surface area contributed by atoms with Gasteiger partial charge in [0.25, 0.3) is 0 Å². The van der Waals surface area contributed by atoms with Gasteiger partial charge in [-0.3, -0.25) is 0 Å². The van der Waals surface area contributed by atoms with E-state index in [1.807, 2.05) is 13.8 Å². The summed E-state index contributed by atoms with van der Waals surface area (Å²) < 4.78 is 0. The van der Waals surface area contributed by atoms with Crippen LogP contribution in [0.1, 0.15) is 98.1 Å². The Hall–Kier alpha value is -2.65. The number of aromatic amines is 1. The number of nitrogens with zero attached hydrogens (tertiary/aromatic N) is 1. The summed E-state index contributed by atoms with van der Waals surface area (Å²) in [4.78, 5) is 6.00. The van der Waals surface area contributed by atoms with E-state index in [-0.39, 0.29) is 13.5 Å². The van der Waals surface area contributed by atoms with Crippen LogP contribution in [0.2, 0.25) is 0 Å². The fraction of sp³-hybridized carbons (Fsp3) is 0.512. The molecule has 1 fully saturated rings. The van der Waals surface area contributed by atoms with Crippen LogP contribution in [0, 0.1) is 5.92 Å². The summed E-state index contributed by atoms with van der Waals surface area (Å²) in [5.74, 6) is 1.29. The second-order valence-corrected chi connectivity index (χ2v) is 15.8. The standard InChI is InChI=1S/C18H22N2.C18H30NP.C3H7N.C2H6/c1-11(2)13-7-15-14-5-4-6-16-18(14)12(9-19-16)8-17(15)20(3)10-13;1-6-8-14-18(5,19-7-2)15-20(16(3)4)17-12-10-9-11-13-17;1-3(2)4;1-2/h4-6,9,13,15,17,19H,1,7-8,10H2,2-3H3;9-13,19H,3,6-8,14-15H2,1-2,4-5H3;1,4H2,2H3;1-2H3/t13?,15?,17-;;;/m1.../s1. The van der Waals surface area contributed by atoms with Crippen molar-refractivity contribution in [3.63, 3.8) is 0 Å². The lowest BCUT2D eigenvalue weighted by molar-refractivity contribution is 0.126. The van der Waals surface area contributed by atoms with Crippen LogP contribution >= 0.6 is 7.92 Å². The molecule has 1 saturated heterocycles. The second kappa shape index (κ2) is 19.2. The van der Waals surface area contributed by atoms with E-state index in [9.17, 15) is 0 Å². The van der Waals surface area contributed by atoms with Crippen molar-refractivity contribution in [3.8, 4) is 0 Å². The lowest BCUT2D eigenvalue weighted by Crippen LogP contribution is -2.48. The summed E-state index contributed by atoms with van der Waals surface area (Å²) in [5, 5.41) is 7.99. The number of likely N-dealkylation sites (tertiary alicyclic amines) is 1. The molecule has 1 aromatic heterocycles. The molecule has 0 spiro atoms. The molecule has 0 amide bonds. The third kappa shape index (κ3) is 11.0. The van der Waals surface area contributed by atoms with Gasteiger partial charge in [-0.1, -0.05) is 114 Å². The molecule has 1 aliphatic heterocycles. The lowest BCUT2D eigenvalue weighted by atomic mass is 9.71. The summed E-state index contributed by atoms with van der Waals surface area (Å²) in [6.07, 6.45) is 9.64. The van der Waals surface area contributed by atoms with E-state index in [4.69, 9.17) is 5.73 Å². The van der Waals surface area contributed by atoms with Gasteiger partial charge in [0.05, 0.1) is 0 Å². The van der Waals surface area contributed by atoms with Crippen LogP contribution < -0.4 is 16.4 Å². The highest BCUT2D eigenvalue weighted by Crippen LogP contribution is 2.46. The summed E-state index contributed by atoms with van der Waals surface area (Å²) in [7, 11) is 1.99. The monoisotopic (exact) mass is 644 g/mol. The zero-order valence-corrected chi connectivity index (χ0v) is 31.6. The van der Waals surface area contributed by atoms with Gasteiger partial charge >= 0.3 is 0 Å². The van der Waals surface area contributed by atoms with Gasteiger partial charge in [-0.15, -0.1) is 0 Å². The van der Waals surface area contributed by atoms with Crippen LogP contribution in [0.15, 0.2) is 91.0 Å². The molecule has 5 atom stereocenters. The number of rotatable bonds is 10. The van der Waals surface area contributed by atoms with Crippen molar-refractivity contribution < 1.29 is 0 Å². The van der Waals surface area contributed by atoms with Crippen molar-refractivity contribution in [1.29, 1.82) is 0 Å². The molecule has 5 heteroatoms. The average molecular weight is 645 g/mol. The summed E-state index contributed by atoms with van der Waals surface area (Å²) in [6.45, 7) is 31.0. The Morgan fingerprint density at radius 2 is 1.70 bits per heavy atom. The highest BCUT2D eigenvalue weighted by molar-refractivity contribution is 7.69. The van der Waals surface area contributed by atoms with Crippen molar-refractivity contribution in [2.75, 3.05) is 26.3 Å². The van der Waals surface area contributed by atoms with Gasteiger partial charge in [0.15, 0.2) is 0 Å². The average Bonchev–Trinajstić information content (AvgIpc) is 3.45. The lowest BCUT2D eigenvalue weighted by Gasteiger charge is -2.45. The molecule has 4 unspecified atom stereocenters. The smallest absolute Gasteiger partial charge is 0.0459 e. The number of unbranched alkanes of at least 4 members (excludes halogenated alkanes) is 1. The van der Waals surface area contributed by atoms with Gasteiger partial charge in [-0.05, 0) is 109 Å². The number of aromatic nitrogens is 1. The first kappa shape index (κ1) is 39.5. The molecule has 0 radical (unpaired) electrons. The minimum absolute atomic E-state index is 0.227. The normalized spacial score (nSPS) is 20.2. The fourth-order valence-electron chi connectivity index (χ4n) is 6.92. The molecule has 5 rings (SSSR count). The van der Waals surface area contributed by atoms with E-state index in [1.54, 1.807) is 12.5 Å². The molecule has 1 aliphatic carbocycles. The summed E-state index contributed by atoms with van der Waals surface area (Å²) >= 11 is 0. The first-order valence-corrected chi connectivity index (χ1v) is 19.0. The second-order valence-electron chi connectivity index (χ2n) is 13.4. The third-order valence-corrected chi connectivity index (χ3v) is 12.0. The van der Waals surface area contributed by atoms with Gasteiger partial charge in [0.1, 0.15) is 0 Å². The van der Waals surface area contributed by atoms with Gasteiger partial charge in [-0.2, -0.15) is 0 Å². The number of likely N-dealkylation sites (N-methyl/N-ethyl adjacent to an activating group) is 1. The number of hydrogen-bond donors (Lipinski definition) is 3. The molecule has 46 heavy (non-hydrogen) atoms. The third-order valence-electron chi connectivity index (χ3n) is 9.14. The Balaban J connectivity index is 0.000000274. The largest absolute Gasteiger partial charge is 0.403 e. The number of nitrogens with one attached hydrogen (secondary N) is 2. The zero-order chi connectivity index (χ0) is 34.4. The Kier molecular flexibility index (Phi) is 16.5. The van der Waals surface area contributed by atoms with Gasteiger partial charge in [0.2, 0.25) is 0 Å². The maximum Gasteiger partial charge on any atom is 0.0459 e. The molecular weight excluding hydrogens is 579 g/mol. The van der Waals surface area contributed by atoms with Crippen molar-refractivity contribution >= 4 is 24.1 Å². The Morgan fingerprint density at radius 3 is 2.26 bits per heavy atom. The summed E-state index contributed by atoms with van der Waals surface area (Å²) in [5.41, 5.74) is 11.5. The van der Waals surface area contributed by atoms with E-state index >= 15 is 0 Å². The minimum atomic E-state index is -0.288. The van der Waals surface area contributed by atoms with Crippen LogP contribution in [0.5, 0.6) is 0 Å². The first-order valence-electron chi connectivity index (χ1n) is 17.5. The molecule has 2 heterocycles. The molecule has 0 bridgehead atoms. The fourth-order valence-corrected chi connectivity index (χ4v) is 9.31. The zero-order valence-electron chi connectivity index (χ0n) is 30.7. The molecule has 3 aromatic rings. The molecule has 254 valence electrons. The predicted octanol–water partition coefficient (Wildman–Crippen LogP) is 10.1. The van der Waals surface area contributed by atoms with Gasteiger partial charge in [-0.25, -0.2) is 0 Å². The molecular formula is C41H65N4P. The maximum atomic E-state index is 4.92. The number of H-pyrrole nitrogens is 1. The number of hydrogen-bond acceptors (Lipinski definition) is 3. The van der Waals surface area contributed by atoms with Gasteiger partial charge in [0, 0.05) is 41.1 Å². The quantitative estimate of drug-likeness (QED) is 0.152. The first-order chi connectivity index (χ1) is 21.9. The van der Waals surface area contributed by atoms with Crippen molar-refractivity contribution in [1.82, 2.24) is 15.2 Å². The van der Waals surface area contributed by atoms with Gasteiger partial charge < -0.3 is 20.9 Å². The van der Waals surface area contributed by atoms with Crippen LogP contribution in [0.4, 0.5) is 0 Å². The molecule has 0 saturated carbocycles. The van der Waals surface area contributed by atoms with E-state index in [0.29, 0.717) is 23.6 Å². The maximum absolute atomic E-state index is 4.92. The van der Waals surface area contributed by atoms with Crippen LogP contribution in [-0.4, -0.2) is 47.8 Å². The Morgan fingerprint density at radius 1 is 1.04 bits per heavy atom. The number of allylic oxidation sites excluding steroid dienone is 2. The van der Waals surface area contributed by atoms with E-state index < -0.39 is 0 Å². The number of fused-ring (bicyclic) bond motifs is 2. The number of benzene rings is 2. The summed E-state index contributed by atoms with van der Waals surface area (Å²) in [6, 6.07) is 18.3. The molecule has 2 aromatic carbocycles. The topological polar surface area (TPSA) is 57.1 Å². The van der Waals surface area contributed by atoms with E-state index in [0.717, 1.165) is 13.1 Å². The van der Waals surface area contributed by atoms with Crippen molar-refractivity contribution in [2.45, 2.75) is 105 Å². The molecule has 2 aliphatic rings. The molecule has 4 N–H and O–H groups in total.